The van der Waals surface area contributed by atoms with Crippen LogP contribution in [0.2, 0.25) is 0 Å². The first-order valence-corrected chi connectivity index (χ1v) is 11.4. The third kappa shape index (κ3) is 7.39. The molecule has 0 radical (unpaired) electrons. The molecule has 0 aromatic heterocycles. The summed E-state index contributed by atoms with van der Waals surface area (Å²) in [4.78, 5) is 16.6. The third-order valence-electron chi connectivity index (χ3n) is 4.71. The Morgan fingerprint density at radius 2 is 1.87 bits per heavy atom. The maximum absolute atomic E-state index is 12.3. The van der Waals surface area contributed by atoms with Gasteiger partial charge in [-0.05, 0) is 24.1 Å². The van der Waals surface area contributed by atoms with Crippen molar-refractivity contribution in [3.63, 3.8) is 0 Å². The molecule has 8 heteroatoms. The van der Waals surface area contributed by atoms with Crippen LogP contribution in [0.15, 0.2) is 59.6 Å². The van der Waals surface area contributed by atoms with Crippen molar-refractivity contribution in [3.05, 3.63) is 65.7 Å². The lowest BCUT2D eigenvalue weighted by Gasteiger charge is -2.24. The second-order valence-electron chi connectivity index (χ2n) is 6.96. The monoisotopic (exact) mass is 540 g/mol. The van der Waals surface area contributed by atoms with E-state index in [4.69, 9.17) is 0 Å². The van der Waals surface area contributed by atoms with E-state index in [2.05, 4.69) is 20.9 Å². The Morgan fingerprint density at radius 3 is 2.63 bits per heavy atom. The molecule has 3 rings (SSSR count). The highest BCUT2D eigenvalue weighted by molar-refractivity contribution is 14.0. The number of nitrogens with zero attached hydrogens (tertiary/aromatic N) is 1. The van der Waals surface area contributed by atoms with Crippen LogP contribution in [-0.4, -0.2) is 41.5 Å². The lowest BCUT2D eigenvalue weighted by Crippen LogP contribution is -2.39. The standard InChI is InChI=1S/C22H28N4O2S.HI/c1-2-23-22(24-12-13-29(28)16-17-8-4-3-5-9-17)25-15-18-14-21(27)26-20-11-7-6-10-19(18)20;/h3-11,18H,2,12-16H2,1H3,(H,26,27)(H2,23,24,25);1H. The maximum atomic E-state index is 12.3. The fourth-order valence-corrected chi connectivity index (χ4v) is 4.36. The summed E-state index contributed by atoms with van der Waals surface area (Å²) in [6, 6.07) is 17.8. The number of hydrogen-bond donors (Lipinski definition) is 3. The van der Waals surface area contributed by atoms with Crippen LogP contribution < -0.4 is 16.0 Å². The normalized spacial score (nSPS) is 16.6. The van der Waals surface area contributed by atoms with Crippen LogP contribution in [0.5, 0.6) is 0 Å². The molecule has 0 bridgehead atoms. The van der Waals surface area contributed by atoms with Gasteiger partial charge in [0.25, 0.3) is 0 Å². The molecular formula is C22H29IN4O2S. The lowest BCUT2D eigenvalue weighted by atomic mass is 9.91. The van der Waals surface area contributed by atoms with Gasteiger partial charge in [-0.15, -0.1) is 24.0 Å². The second-order valence-corrected chi connectivity index (χ2v) is 8.53. The summed E-state index contributed by atoms with van der Waals surface area (Å²) in [5, 5.41) is 9.39. The summed E-state index contributed by atoms with van der Waals surface area (Å²) in [6.45, 7) is 3.84. The van der Waals surface area contributed by atoms with E-state index in [0.717, 1.165) is 23.4 Å². The zero-order chi connectivity index (χ0) is 20.5. The quantitative estimate of drug-likeness (QED) is 0.273. The number of anilines is 1. The van der Waals surface area contributed by atoms with E-state index >= 15 is 0 Å². The number of guanidine groups is 1. The molecule has 2 atom stereocenters. The predicted octanol–water partition coefficient (Wildman–Crippen LogP) is 3.23. The van der Waals surface area contributed by atoms with Crippen molar-refractivity contribution in [3.8, 4) is 0 Å². The zero-order valence-corrected chi connectivity index (χ0v) is 20.2. The number of fused-ring (bicyclic) bond motifs is 1. The van der Waals surface area contributed by atoms with Crippen LogP contribution >= 0.6 is 24.0 Å². The molecule has 0 saturated carbocycles. The van der Waals surface area contributed by atoms with Gasteiger partial charge in [0.05, 0.1) is 6.54 Å². The Labute approximate surface area is 197 Å². The van der Waals surface area contributed by atoms with Crippen LogP contribution in [0.1, 0.15) is 30.4 Å². The fourth-order valence-electron chi connectivity index (χ4n) is 3.32. The largest absolute Gasteiger partial charge is 0.357 e. The number of amides is 1. The smallest absolute Gasteiger partial charge is 0.225 e. The van der Waals surface area contributed by atoms with Crippen LogP contribution in [0.4, 0.5) is 5.69 Å². The molecule has 162 valence electrons. The van der Waals surface area contributed by atoms with Crippen LogP contribution in [0.25, 0.3) is 0 Å². The van der Waals surface area contributed by atoms with Gasteiger partial charge in [-0.3, -0.25) is 14.0 Å². The molecule has 1 amide bonds. The molecule has 2 aromatic carbocycles. The molecule has 3 N–H and O–H groups in total. The van der Waals surface area contributed by atoms with Gasteiger partial charge in [0.1, 0.15) is 0 Å². The van der Waals surface area contributed by atoms with Gasteiger partial charge < -0.3 is 16.0 Å². The molecule has 2 aromatic rings. The van der Waals surface area contributed by atoms with E-state index in [1.54, 1.807) is 0 Å². The van der Waals surface area contributed by atoms with Crippen molar-refractivity contribution in [2.45, 2.75) is 25.0 Å². The van der Waals surface area contributed by atoms with Gasteiger partial charge in [-0.2, -0.15) is 0 Å². The Morgan fingerprint density at radius 1 is 1.13 bits per heavy atom. The molecule has 30 heavy (non-hydrogen) atoms. The molecule has 1 heterocycles. The summed E-state index contributed by atoms with van der Waals surface area (Å²) >= 11 is 0. The molecule has 0 fully saturated rings. The number of halogens is 1. The summed E-state index contributed by atoms with van der Waals surface area (Å²) in [5.74, 6) is 1.88. The van der Waals surface area contributed by atoms with E-state index in [9.17, 15) is 9.00 Å². The Balaban J connectivity index is 0.00000320. The first-order chi connectivity index (χ1) is 14.2. The summed E-state index contributed by atoms with van der Waals surface area (Å²) in [7, 11) is -0.932. The highest BCUT2D eigenvalue weighted by Crippen LogP contribution is 2.31. The summed E-state index contributed by atoms with van der Waals surface area (Å²) in [5.41, 5.74) is 3.08. The minimum atomic E-state index is -0.932. The second kappa shape index (κ2) is 12.7. The van der Waals surface area contributed by atoms with E-state index in [1.807, 2.05) is 61.5 Å². The Hall–Kier alpha value is -1.94. The number of aliphatic imine (C=N–C) groups is 1. The van der Waals surface area contributed by atoms with E-state index in [0.29, 0.717) is 37.0 Å². The van der Waals surface area contributed by atoms with Crippen molar-refractivity contribution < 1.29 is 9.00 Å². The molecule has 0 aliphatic carbocycles. The summed E-state index contributed by atoms with van der Waals surface area (Å²) < 4.78 is 12.3. The Bertz CT molecular complexity index is 876. The molecule has 6 nitrogen and oxygen atoms in total. The van der Waals surface area contributed by atoms with Crippen LogP contribution in [0, 0.1) is 0 Å². The topological polar surface area (TPSA) is 82.6 Å². The van der Waals surface area contributed by atoms with Crippen LogP contribution in [0.3, 0.4) is 0 Å². The highest BCUT2D eigenvalue weighted by Gasteiger charge is 2.24. The SMILES string of the molecule is CCNC(=NCC1CC(=O)Nc2ccccc21)NCCS(=O)Cc1ccccc1.I. The van der Waals surface area contributed by atoms with E-state index < -0.39 is 10.8 Å². The van der Waals surface area contributed by atoms with Gasteiger partial charge in [0.15, 0.2) is 5.96 Å². The molecule has 2 unspecified atom stereocenters. The average Bonchev–Trinajstić information content (AvgIpc) is 2.72. The molecular weight excluding hydrogens is 511 g/mol. The van der Waals surface area contributed by atoms with Crippen molar-refractivity contribution >= 4 is 52.3 Å². The predicted molar refractivity (Wildman–Crippen MR) is 135 cm³/mol. The number of hydrogen-bond acceptors (Lipinski definition) is 3. The number of benzene rings is 2. The number of carbonyl (C=O) groups excluding carboxylic acids is 1. The van der Waals surface area contributed by atoms with Gasteiger partial charge >= 0.3 is 0 Å². The average molecular weight is 540 g/mol. The Kier molecular flexibility index (Phi) is 10.3. The van der Waals surface area contributed by atoms with E-state index in [1.165, 1.54) is 0 Å². The molecule has 1 aliphatic heterocycles. The minimum absolute atomic E-state index is 0. The number of nitrogens with one attached hydrogen (secondary N) is 3. The van der Waals surface area contributed by atoms with Gasteiger partial charge in [0, 0.05) is 53.4 Å². The first-order valence-electron chi connectivity index (χ1n) is 9.95. The van der Waals surface area contributed by atoms with Gasteiger partial charge in [0.2, 0.25) is 5.91 Å². The van der Waals surface area contributed by atoms with E-state index in [-0.39, 0.29) is 35.8 Å². The molecule has 1 aliphatic rings. The van der Waals surface area contributed by atoms with Gasteiger partial charge in [-0.1, -0.05) is 48.5 Å². The number of rotatable bonds is 8. The number of para-hydroxylation sites is 1. The van der Waals surface area contributed by atoms with Crippen LogP contribution in [-0.2, 0) is 21.3 Å². The maximum Gasteiger partial charge on any atom is 0.225 e. The van der Waals surface area contributed by atoms with Crippen molar-refractivity contribution in [1.82, 2.24) is 10.6 Å². The van der Waals surface area contributed by atoms with Crippen molar-refractivity contribution in [2.75, 3.05) is 30.7 Å². The fraction of sp³-hybridized carbons (Fsp3) is 0.364. The first kappa shape index (κ1) is 24.3. The van der Waals surface area contributed by atoms with Crippen molar-refractivity contribution in [2.24, 2.45) is 4.99 Å². The molecule has 0 spiro atoms. The highest BCUT2D eigenvalue weighted by atomic mass is 127. The molecule has 0 saturated heterocycles. The van der Waals surface area contributed by atoms with Crippen molar-refractivity contribution in [1.29, 1.82) is 0 Å². The lowest BCUT2D eigenvalue weighted by molar-refractivity contribution is -0.116. The number of carbonyl (C=O) groups is 1. The zero-order valence-electron chi connectivity index (χ0n) is 17.1. The minimum Gasteiger partial charge on any atom is -0.357 e. The van der Waals surface area contributed by atoms with Gasteiger partial charge in [-0.25, -0.2) is 0 Å². The third-order valence-corrected chi connectivity index (χ3v) is 6.03. The summed E-state index contributed by atoms with van der Waals surface area (Å²) in [6.07, 6.45) is 0.432.